The molecule has 1 aromatic rings. The first kappa shape index (κ1) is 13.4. The minimum atomic E-state index is 0.251. The smallest absolute Gasteiger partial charge is 0.223 e. The van der Waals surface area contributed by atoms with Gasteiger partial charge in [-0.25, -0.2) is 0 Å². The van der Waals surface area contributed by atoms with E-state index in [-0.39, 0.29) is 5.91 Å². The molecule has 0 radical (unpaired) electrons. The molecule has 1 fully saturated rings. The van der Waals surface area contributed by atoms with Crippen LogP contribution in [0.15, 0.2) is 24.3 Å². The molecule has 0 atom stereocenters. The zero-order valence-corrected chi connectivity index (χ0v) is 11.6. The molecular formula is C15H20ClNO. The van der Waals surface area contributed by atoms with Crippen LogP contribution in [0.2, 0.25) is 0 Å². The van der Waals surface area contributed by atoms with Crippen LogP contribution in [-0.2, 0) is 11.2 Å². The molecule has 1 saturated carbocycles. The Labute approximate surface area is 114 Å². The van der Waals surface area contributed by atoms with Gasteiger partial charge in [-0.2, -0.15) is 0 Å². The Morgan fingerprint density at radius 3 is 2.72 bits per heavy atom. The molecule has 2 rings (SSSR count). The normalized spacial score (nSPS) is 14.6. The van der Waals surface area contributed by atoms with E-state index in [1.54, 1.807) is 0 Å². The van der Waals surface area contributed by atoms with Gasteiger partial charge in [-0.05, 0) is 37.3 Å². The van der Waals surface area contributed by atoms with Crippen LogP contribution in [0.5, 0.6) is 0 Å². The van der Waals surface area contributed by atoms with Gasteiger partial charge in [0.25, 0.3) is 0 Å². The summed E-state index contributed by atoms with van der Waals surface area (Å²) in [5.41, 5.74) is 2.54. The maximum absolute atomic E-state index is 12.2. The number of alkyl halides is 1. The number of hydrogen-bond acceptors (Lipinski definition) is 1. The summed E-state index contributed by atoms with van der Waals surface area (Å²) in [4.78, 5) is 14.1. The summed E-state index contributed by atoms with van der Waals surface area (Å²) >= 11 is 5.76. The number of nitrogens with zero attached hydrogens (tertiary/aromatic N) is 1. The van der Waals surface area contributed by atoms with Crippen LogP contribution in [0.1, 0.15) is 30.4 Å². The lowest BCUT2D eigenvalue weighted by Gasteiger charge is -2.21. The maximum Gasteiger partial charge on any atom is 0.223 e. The highest BCUT2D eigenvalue weighted by atomic mass is 35.5. The van der Waals surface area contributed by atoms with Crippen LogP contribution in [0.25, 0.3) is 0 Å². The number of carbonyl (C=O) groups is 1. The van der Waals surface area contributed by atoms with Crippen molar-refractivity contribution in [2.24, 2.45) is 0 Å². The molecule has 0 saturated heterocycles. The lowest BCUT2D eigenvalue weighted by Crippen LogP contribution is -2.34. The summed E-state index contributed by atoms with van der Waals surface area (Å²) in [5, 5.41) is 0. The highest BCUT2D eigenvalue weighted by molar-refractivity contribution is 6.18. The average Bonchev–Trinajstić information content (AvgIpc) is 3.19. The summed E-state index contributed by atoms with van der Waals surface area (Å²) in [7, 11) is 0. The first-order chi connectivity index (χ1) is 8.72. The van der Waals surface area contributed by atoms with E-state index >= 15 is 0 Å². The Bertz CT molecular complexity index is 415. The third-order valence-electron chi connectivity index (χ3n) is 3.50. The molecule has 0 bridgehead atoms. The summed E-state index contributed by atoms with van der Waals surface area (Å²) in [6, 6.07) is 8.73. The molecule has 3 heteroatoms. The minimum Gasteiger partial charge on any atom is -0.339 e. The third-order valence-corrected chi connectivity index (χ3v) is 3.67. The Morgan fingerprint density at radius 2 is 2.11 bits per heavy atom. The van der Waals surface area contributed by atoms with Crippen molar-refractivity contribution in [3.05, 3.63) is 35.4 Å². The SMILES string of the molecule is Cc1ccccc1CCC(=O)N(CCCl)C1CC1. The number of aryl methyl sites for hydroxylation is 2. The van der Waals surface area contributed by atoms with Crippen molar-refractivity contribution in [3.63, 3.8) is 0 Å². The standard InChI is InChI=1S/C15H20ClNO/c1-12-4-2-3-5-13(12)6-9-15(18)17(11-10-16)14-7-8-14/h2-5,14H,6-11H2,1H3. The Balaban J connectivity index is 1.89. The summed E-state index contributed by atoms with van der Waals surface area (Å²) in [6.07, 6.45) is 3.72. The molecule has 1 aromatic carbocycles. The highest BCUT2D eigenvalue weighted by Crippen LogP contribution is 2.27. The molecule has 0 spiro atoms. The van der Waals surface area contributed by atoms with Crippen molar-refractivity contribution in [2.45, 2.75) is 38.6 Å². The van der Waals surface area contributed by atoms with E-state index in [0.29, 0.717) is 24.9 Å². The topological polar surface area (TPSA) is 20.3 Å². The van der Waals surface area contributed by atoms with E-state index in [2.05, 4.69) is 19.1 Å². The minimum absolute atomic E-state index is 0.251. The monoisotopic (exact) mass is 265 g/mol. The van der Waals surface area contributed by atoms with Gasteiger partial charge >= 0.3 is 0 Å². The first-order valence-electron chi connectivity index (χ1n) is 6.62. The van der Waals surface area contributed by atoms with E-state index in [4.69, 9.17) is 11.6 Å². The van der Waals surface area contributed by atoms with Gasteiger partial charge in [0.05, 0.1) is 0 Å². The number of rotatable bonds is 6. The molecule has 1 aliphatic carbocycles. The molecule has 2 nitrogen and oxygen atoms in total. The fraction of sp³-hybridized carbons (Fsp3) is 0.533. The fourth-order valence-corrected chi connectivity index (χ4v) is 2.45. The van der Waals surface area contributed by atoms with E-state index in [0.717, 1.165) is 19.3 Å². The van der Waals surface area contributed by atoms with E-state index in [1.165, 1.54) is 11.1 Å². The van der Waals surface area contributed by atoms with Crippen molar-refractivity contribution in [3.8, 4) is 0 Å². The highest BCUT2D eigenvalue weighted by Gasteiger charge is 2.31. The van der Waals surface area contributed by atoms with E-state index in [1.807, 2.05) is 17.0 Å². The predicted octanol–water partition coefficient (Wildman–Crippen LogP) is 3.16. The number of benzene rings is 1. The molecule has 1 aliphatic rings. The van der Waals surface area contributed by atoms with E-state index < -0.39 is 0 Å². The zero-order valence-electron chi connectivity index (χ0n) is 10.9. The summed E-state index contributed by atoms with van der Waals surface area (Å²) < 4.78 is 0. The number of hydrogen-bond donors (Lipinski definition) is 0. The molecular weight excluding hydrogens is 246 g/mol. The van der Waals surface area contributed by atoms with Gasteiger partial charge in [0.1, 0.15) is 0 Å². The van der Waals surface area contributed by atoms with Gasteiger partial charge in [0.15, 0.2) is 0 Å². The van der Waals surface area contributed by atoms with Gasteiger partial charge in [-0.15, -0.1) is 11.6 Å². The lowest BCUT2D eigenvalue weighted by molar-refractivity contribution is -0.131. The molecule has 0 N–H and O–H groups in total. The van der Waals surface area contributed by atoms with Crippen LogP contribution in [-0.4, -0.2) is 29.3 Å². The molecule has 1 amide bonds. The molecule has 0 heterocycles. The van der Waals surface area contributed by atoms with Gasteiger partial charge in [0.2, 0.25) is 5.91 Å². The average molecular weight is 266 g/mol. The molecule has 0 aliphatic heterocycles. The lowest BCUT2D eigenvalue weighted by atomic mass is 10.0. The third kappa shape index (κ3) is 3.49. The quantitative estimate of drug-likeness (QED) is 0.724. The van der Waals surface area contributed by atoms with Crippen molar-refractivity contribution in [2.75, 3.05) is 12.4 Å². The molecule has 0 unspecified atom stereocenters. The molecule has 0 aromatic heterocycles. The second kappa shape index (κ2) is 6.24. The summed E-state index contributed by atoms with van der Waals surface area (Å²) in [6.45, 7) is 2.79. The Morgan fingerprint density at radius 1 is 1.39 bits per heavy atom. The van der Waals surface area contributed by atoms with Crippen molar-refractivity contribution in [1.82, 2.24) is 4.90 Å². The second-order valence-corrected chi connectivity index (χ2v) is 5.31. The van der Waals surface area contributed by atoms with Gasteiger partial charge in [-0.1, -0.05) is 24.3 Å². The van der Waals surface area contributed by atoms with Crippen LogP contribution in [0, 0.1) is 6.92 Å². The van der Waals surface area contributed by atoms with Crippen LogP contribution in [0.4, 0.5) is 0 Å². The van der Waals surface area contributed by atoms with Gasteiger partial charge < -0.3 is 4.90 Å². The van der Waals surface area contributed by atoms with Crippen molar-refractivity contribution >= 4 is 17.5 Å². The fourth-order valence-electron chi connectivity index (χ4n) is 2.26. The van der Waals surface area contributed by atoms with Gasteiger partial charge in [-0.3, -0.25) is 4.79 Å². The first-order valence-corrected chi connectivity index (χ1v) is 7.15. The Kier molecular flexibility index (Phi) is 4.65. The second-order valence-electron chi connectivity index (χ2n) is 4.93. The van der Waals surface area contributed by atoms with Crippen molar-refractivity contribution in [1.29, 1.82) is 0 Å². The van der Waals surface area contributed by atoms with Gasteiger partial charge in [0, 0.05) is 24.9 Å². The number of amides is 1. The van der Waals surface area contributed by atoms with Crippen LogP contribution < -0.4 is 0 Å². The number of halogens is 1. The molecule has 18 heavy (non-hydrogen) atoms. The zero-order chi connectivity index (χ0) is 13.0. The Hall–Kier alpha value is -1.02. The van der Waals surface area contributed by atoms with Crippen LogP contribution >= 0.6 is 11.6 Å². The van der Waals surface area contributed by atoms with Crippen molar-refractivity contribution < 1.29 is 4.79 Å². The van der Waals surface area contributed by atoms with Crippen LogP contribution in [0.3, 0.4) is 0 Å². The summed E-state index contributed by atoms with van der Waals surface area (Å²) in [5.74, 6) is 0.786. The molecule has 98 valence electrons. The number of carbonyl (C=O) groups excluding carboxylic acids is 1. The van der Waals surface area contributed by atoms with E-state index in [9.17, 15) is 4.79 Å². The predicted molar refractivity (Wildman–Crippen MR) is 75.0 cm³/mol. The largest absolute Gasteiger partial charge is 0.339 e. The maximum atomic E-state index is 12.2.